The highest BCUT2D eigenvalue weighted by Crippen LogP contribution is 2.24. The first-order valence-corrected chi connectivity index (χ1v) is 7.29. The maximum atomic E-state index is 5.69. The molecule has 3 heteroatoms. The van der Waals surface area contributed by atoms with Crippen LogP contribution in [0.25, 0.3) is 0 Å². The summed E-state index contributed by atoms with van der Waals surface area (Å²) in [5.41, 5.74) is 7.04. The van der Waals surface area contributed by atoms with Gasteiger partial charge in [-0.3, -0.25) is 0 Å². The Bertz CT molecular complexity index is 311. The highest BCUT2D eigenvalue weighted by molar-refractivity contribution is 7.99. The fraction of sp³-hybridized carbons (Fsp3) is 0.571. The average Bonchev–Trinajstić information content (AvgIpc) is 2.37. The summed E-state index contributed by atoms with van der Waals surface area (Å²) in [4.78, 5) is 1.35. The van der Waals surface area contributed by atoms with E-state index in [0.717, 1.165) is 18.7 Å². The third kappa shape index (κ3) is 4.70. The van der Waals surface area contributed by atoms with Crippen LogP contribution in [0.15, 0.2) is 29.2 Å². The van der Waals surface area contributed by atoms with Gasteiger partial charge in [0, 0.05) is 10.9 Å². The van der Waals surface area contributed by atoms with E-state index in [9.17, 15) is 0 Å². The van der Waals surface area contributed by atoms with E-state index >= 15 is 0 Å². The van der Waals surface area contributed by atoms with Gasteiger partial charge < -0.3 is 11.1 Å². The summed E-state index contributed by atoms with van der Waals surface area (Å²) in [5.74, 6) is 1.68. The van der Waals surface area contributed by atoms with Gasteiger partial charge in [0.2, 0.25) is 0 Å². The second-order valence-corrected chi connectivity index (χ2v) is 5.76. The van der Waals surface area contributed by atoms with Crippen LogP contribution in [0.4, 0.5) is 0 Å². The molecule has 0 spiro atoms. The van der Waals surface area contributed by atoms with Crippen molar-refractivity contribution in [1.29, 1.82) is 0 Å². The van der Waals surface area contributed by atoms with Crippen LogP contribution in [0.1, 0.15) is 31.9 Å². The number of nitrogens with two attached hydrogens (primary N) is 1. The van der Waals surface area contributed by atoms with Gasteiger partial charge in [0.1, 0.15) is 0 Å². The van der Waals surface area contributed by atoms with E-state index < -0.39 is 0 Å². The van der Waals surface area contributed by atoms with Gasteiger partial charge in [-0.05, 0) is 49.4 Å². The molecule has 96 valence electrons. The average molecular weight is 252 g/mol. The van der Waals surface area contributed by atoms with Gasteiger partial charge in [0.05, 0.1) is 0 Å². The summed E-state index contributed by atoms with van der Waals surface area (Å²) in [6.07, 6.45) is 1.09. The molecule has 0 aliphatic carbocycles. The monoisotopic (exact) mass is 252 g/mol. The largest absolute Gasteiger partial charge is 0.330 e. The topological polar surface area (TPSA) is 38.0 Å². The molecular weight excluding hydrogens is 228 g/mol. The fourth-order valence-electron chi connectivity index (χ4n) is 1.88. The molecule has 1 rings (SSSR count). The Hall–Kier alpha value is -0.510. The van der Waals surface area contributed by atoms with Crippen LogP contribution < -0.4 is 11.1 Å². The first-order valence-electron chi connectivity index (χ1n) is 6.31. The van der Waals surface area contributed by atoms with Gasteiger partial charge in [0.15, 0.2) is 0 Å². The standard InChI is InChI=1S/C14H24N2S/c1-4-17-13-7-5-12(6-8-13)14(16-3)9-11(2)10-15/h5-8,11,14,16H,4,9-10,15H2,1-3H3. The van der Waals surface area contributed by atoms with Crippen molar-refractivity contribution in [2.24, 2.45) is 11.7 Å². The lowest BCUT2D eigenvalue weighted by Crippen LogP contribution is -2.22. The van der Waals surface area contributed by atoms with Gasteiger partial charge in [-0.2, -0.15) is 0 Å². The molecule has 17 heavy (non-hydrogen) atoms. The predicted octanol–water partition coefficient (Wildman–Crippen LogP) is 3.04. The number of benzene rings is 1. The van der Waals surface area contributed by atoms with E-state index in [2.05, 4.69) is 43.4 Å². The number of rotatable bonds is 7. The molecule has 0 amide bonds. The summed E-state index contributed by atoms with van der Waals surface area (Å²) in [7, 11) is 2.02. The molecule has 1 aromatic rings. The Balaban J connectivity index is 2.68. The maximum Gasteiger partial charge on any atom is 0.0320 e. The Morgan fingerprint density at radius 3 is 2.41 bits per heavy atom. The molecule has 0 bridgehead atoms. The lowest BCUT2D eigenvalue weighted by molar-refractivity contribution is 0.438. The number of hydrogen-bond acceptors (Lipinski definition) is 3. The zero-order valence-electron chi connectivity index (χ0n) is 11.1. The Labute approximate surface area is 109 Å². The number of thioether (sulfide) groups is 1. The fourth-order valence-corrected chi connectivity index (χ4v) is 2.54. The van der Waals surface area contributed by atoms with Crippen LogP contribution in [0.3, 0.4) is 0 Å². The van der Waals surface area contributed by atoms with Crippen LogP contribution in [0, 0.1) is 5.92 Å². The molecule has 0 fully saturated rings. The predicted molar refractivity (Wildman–Crippen MR) is 77.5 cm³/mol. The van der Waals surface area contributed by atoms with Crippen molar-refractivity contribution in [1.82, 2.24) is 5.32 Å². The summed E-state index contributed by atoms with van der Waals surface area (Å²) in [5, 5.41) is 3.37. The second-order valence-electron chi connectivity index (χ2n) is 4.42. The van der Waals surface area contributed by atoms with Crippen molar-refractivity contribution in [3.8, 4) is 0 Å². The number of nitrogens with one attached hydrogen (secondary N) is 1. The summed E-state index contributed by atoms with van der Waals surface area (Å²) in [6, 6.07) is 9.28. The highest BCUT2D eigenvalue weighted by atomic mass is 32.2. The smallest absolute Gasteiger partial charge is 0.0320 e. The van der Waals surface area contributed by atoms with E-state index in [-0.39, 0.29) is 0 Å². The van der Waals surface area contributed by atoms with E-state index in [1.165, 1.54) is 10.5 Å². The second kappa shape index (κ2) is 7.75. The van der Waals surface area contributed by atoms with Crippen molar-refractivity contribution < 1.29 is 0 Å². The van der Waals surface area contributed by atoms with Crippen molar-refractivity contribution in [3.05, 3.63) is 29.8 Å². The van der Waals surface area contributed by atoms with Crippen LogP contribution in [0.5, 0.6) is 0 Å². The quantitative estimate of drug-likeness (QED) is 0.733. The molecule has 0 aliphatic rings. The molecule has 0 aromatic heterocycles. The molecule has 2 nitrogen and oxygen atoms in total. The van der Waals surface area contributed by atoms with Gasteiger partial charge in [0.25, 0.3) is 0 Å². The van der Waals surface area contributed by atoms with Crippen molar-refractivity contribution in [2.75, 3.05) is 19.3 Å². The summed E-state index contributed by atoms with van der Waals surface area (Å²) >= 11 is 1.88. The van der Waals surface area contributed by atoms with Crippen LogP contribution >= 0.6 is 11.8 Å². The maximum absolute atomic E-state index is 5.69. The van der Waals surface area contributed by atoms with E-state index in [1.807, 2.05) is 18.8 Å². The lowest BCUT2D eigenvalue weighted by atomic mass is 9.96. The summed E-state index contributed by atoms with van der Waals surface area (Å²) in [6.45, 7) is 5.13. The number of hydrogen-bond donors (Lipinski definition) is 2. The third-order valence-corrected chi connectivity index (χ3v) is 3.88. The van der Waals surface area contributed by atoms with Crippen LogP contribution in [-0.2, 0) is 0 Å². The molecule has 0 saturated heterocycles. The minimum Gasteiger partial charge on any atom is -0.330 e. The Morgan fingerprint density at radius 2 is 1.94 bits per heavy atom. The van der Waals surface area contributed by atoms with Crippen molar-refractivity contribution in [2.45, 2.75) is 31.2 Å². The molecule has 0 heterocycles. The van der Waals surface area contributed by atoms with Crippen molar-refractivity contribution in [3.63, 3.8) is 0 Å². The van der Waals surface area contributed by atoms with Gasteiger partial charge in [-0.15, -0.1) is 11.8 Å². The van der Waals surface area contributed by atoms with E-state index in [0.29, 0.717) is 12.0 Å². The molecule has 3 N–H and O–H groups in total. The summed E-state index contributed by atoms with van der Waals surface area (Å²) < 4.78 is 0. The van der Waals surface area contributed by atoms with E-state index in [4.69, 9.17) is 5.73 Å². The zero-order chi connectivity index (χ0) is 12.7. The molecular formula is C14H24N2S. The zero-order valence-corrected chi connectivity index (χ0v) is 11.9. The molecule has 2 unspecified atom stereocenters. The first kappa shape index (κ1) is 14.6. The molecule has 0 radical (unpaired) electrons. The lowest BCUT2D eigenvalue weighted by Gasteiger charge is -2.20. The normalized spacial score (nSPS) is 14.6. The van der Waals surface area contributed by atoms with Gasteiger partial charge in [-0.1, -0.05) is 26.0 Å². The van der Waals surface area contributed by atoms with Gasteiger partial charge >= 0.3 is 0 Å². The van der Waals surface area contributed by atoms with Crippen molar-refractivity contribution >= 4 is 11.8 Å². The molecule has 1 aromatic carbocycles. The minimum atomic E-state index is 0.411. The molecule has 0 saturated carbocycles. The third-order valence-electron chi connectivity index (χ3n) is 2.98. The Morgan fingerprint density at radius 1 is 1.29 bits per heavy atom. The van der Waals surface area contributed by atoms with E-state index in [1.54, 1.807) is 0 Å². The van der Waals surface area contributed by atoms with Crippen LogP contribution in [0.2, 0.25) is 0 Å². The minimum absolute atomic E-state index is 0.411. The molecule has 0 aliphatic heterocycles. The Kier molecular flexibility index (Phi) is 6.63. The van der Waals surface area contributed by atoms with Gasteiger partial charge in [-0.25, -0.2) is 0 Å². The highest BCUT2D eigenvalue weighted by Gasteiger charge is 2.12. The van der Waals surface area contributed by atoms with Crippen LogP contribution in [-0.4, -0.2) is 19.3 Å². The molecule has 2 atom stereocenters. The SMILES string of the molecule is CCSc1ccc(C(CC(C)CN)NC)cc1. The first-order chi connectivity index (χ1) is 8.21.